The molecule has 1 atom stereocenters. The largest absolute Gasteiger partial charge is 0.486 e. The van der Waals surface area contributed by atoms with Gasteiger partial charge in [-0.3, -0.25) is 9.59 Å². The Balaban J connectivity index is 1.76. The number of hydrogen-bond donors (Lipinski definition) is 1. The predicted molar refractivity (Wildman–Crippen MR) is 121 cm³/mol. The van der Waals surface area contributed by atoms with E-state index in [0.717, 1.165) is 5.56 Å². The smallest absolute Gasteiger partial charge is 0.242 e. The maximum atomic E-state index is 13.2. The van der Waals surface area contributed by atoms with E-state index in [1.165, 1.54) is 4.90 Å². The number of nitrogens with one attached hydrogen (secondary N) is 1. The first-order valence-corrected chi connectivity index (χ1v) is 11.0. The van der Waals surface area contributed by atoms with Gasteiger partial charge in [-0.1, -0.05) is 35.3 Å². The van der Waals surface area contributed by atoms with Crippen LogP contribution in [0, 0.1) is 0 Å². The van der Waals surface area contributed by atoms with Gasteiger partial charge in [-0.2, -0.15) is 0 Å². The molecule has 0 saturated carbocycles. The first-order chi connectivity index (χ1) is 14.9. The van der Waals surface area contributed by atoms with Crippen molar-refractivity contribution in [3.05, 3.63) is 57.6 Å². The maximum Gasteiger partial charge on any atom is 0.242 e. The molecule has 8 heteroatoms. The van der Waals surface area contributed by atoms with Crippen molar-refractivity contribution < 1.29 is 19.1 Å². The van der Waals surface area contributed by atoms with E-state index in [0.29, 0.717) is 53.3 Å². The summed E-state index contributed by atoms with van der Waals surface area (Å²) in [6.45, 7) is 5.21. The summed E-state index contributed by atoms with van der Waals surface area (Å²) >= 11 is 12.6. The number of halogens is 2. The minimum atomic E-state index is -0.667. The Labute approximate surface area is 192 Å². The Bertz CT molecular complexity index is 931. The van der Waals surface area contributed by atoms with Gasteiger partial charge in [0.2, 0.25) is 11.8 Å². The molecule has 1 N–H and O–H groups in total. The molecule has 166 valence electrons. The predicted octanol–water partition coefficient (Wildman–Crippen LogP) is 4.25. The highest BCUT2D eigenvalue weighted by Gasteiger charge is 2.27. The highest BCUT2D eigenvalue weighted by molar-refractivity contribution is 6.36. The third-order valence-corrected chi connectivity index (χ3v) is 5.85. The lowest BCUT2D eigenvalue weighted by Crippen LogP contribution is -2.47. The molecule has 2 aromatic rings. The summed E-state index contributed by atoms with van der Waals surface area (Å²) in [7, 11) is 0. The number of carbonyl (C=O) groups excluding carboxylic acids is 2. The molecule has 0 radical (unpaired) electrons. The van der Waals surface area contributed by atoms with E-state index >= 15 is 0 Å². The molecule has 0 bridgehead atoms. The van der Waals surface area contributed by atoms with Gasteiger partial charge in [0.05, 0.1) is 0 Å². The molecule has 0 fully saturated rings. The lowest BCUT2D eigenvalue weighted by molar-refractivity contribution is -0.140. The molecule has 0 aliphatic carbocycles. The average molecular weight is 465 g/mol. The van der Waals surface area contributed by atoms with Gasteiger partial charge in [0.25, 0.3) is 0 Å². The van der Waals surface area contributed by atoms with Crippen LogP contribution < -0.4 is 14.8 Å². The van der Waals surface area contributed by atoms with Crippen LogP contribution in [-0.2, 0) is 22.6 Å². The summed E-state index contributed by atoms with van der Waals surface area (Å²) in [6, 6.07) is 10.2. The van der Waals surface area contributed by atoms with E-state index in [-0.39, 0.29) is 24.8 Å². The molecular weight excluding hydrogens is 439 g/mol. The van der Waals surface area contributed by atoms with Crippen molar-refractivity contribution in [3.8, 4) is 11.5 Å². The highest BCUT2D eigenvalue weighted by Crippen LogP contribution is 2.31. The first kappa shape index (κ1) is 23.2. The Morgan fingerprint density at radius 2 is 1.77 bits per heavy atom. The summed E-state index contributed by atoms with van der Waals surface area (Å²) in [5, 5.41) is 3.69. The van der Waals surface area contributed by atoms with Gasteiger partial charge >= 0.3 is 0 Å². The Hall–Kier alpha value is -2.44. The highest BCUT2D eigenvalue weighted by atomic mass is 35.5. The van der Waals surface area contributed by atoms with E-state index < -0.39 is 6.04 Å². The summed E-state index contributed by atoms with van der Waals surface area (Å²) in [5.41, 5.74) is 1.58. The van der Waals surface area contributed by atoms with Crippen molar-refractivity contribution in [2.45, 2.75) is 39.3 Å². The van der Waals surface area contributed by atoms with E-state index in [1.54, 1.807) is 25.1 Å². The van der Waals surface area contributed by atoms with Gasteiger partial charge in [0.1, 0.15) is 19.3 Å². The van der Waals surface area contributed by atoms with Crippen LogP contribution in [0.4, 0.5) is 0 Å². The fourth-order valence-corrected chi connectivity index (χ4v) is 3.91. The van der Waals surface area contributed by atoms with Crippen molar-refractivity contribution in [1.82, 2.24) is 10.2 Å². The van der Waals surface area contributed by atoms with Crippen LogP contribution in [0.2, 0.25) is 10.0 Å². The van der Waals surface area contributed by atoms with Crippen LogP contribution in [0.15, 0.2) is 36.4 Å². The van der Waals surface area contributed by atoms with Gasteiger partial charge in [-0.05, 0) is 50.1 Å². The number of rotatable bonds is 8. The molecule has 0 spiro atoms. The number of amides is 2. The first-order valence-electron chi connectivity index (χ1n) is 10.3. The normalized spacial score (nSPS) is 13.4. The van der Waals surface area contributed by atoms with Crippen LogP contribution >= 0.6 is 23.2 Å². The number of fused-ring (bicyclic) bond motifs is 1. The fourth-order valence-electron chi connectivity index (χ4n) is 3.40. The zero-order valence-corrected chi connectivity index (χ0v) is 19.1. The van der Waals surface area contributed by atoms with Gasteiger partial charge in [0, 0.05) is 35.1 Å². The number of nitrogens with zero attached hydrogens (tertiary/aromatic N) is 1. The summed E-state index contributed by atoms with van der Waals surface area (Å²) in [5.74, 6) is 1.01. The second kappa shape index (κ2) is 10.7. The SMILES string of the molecule is CCNC(=O)C(C)N(Cc1c(Cl)cccc1Cl)C(=O)CCc1ccc2c(c1)OCCO2. The topological polar surface area (TPSA) is 67.9 Å². The molecule has 6 nitrogen and oxygen atoms in total. The summed E-state index contributed by atoms with van der Waals surface area (Å²) in [4.78, 5) is 27.2. The molecule has 31 heavy (non-hydrogen) atoms. The number of ether oxygens (including phenoxy) is 2. The van der Waals surface area contributed by atoms with E-state index in [4.69, 9.17) is 32.7 Å². The third-order valence-electron chi connectivity index (χ3n) is 5.14. The second-order valence-electron chi connectivity index (χ2n) is 7.27. The van der Waals surface area contributed by atoms with Crippen LogP contribution in [0.3, 0.4) is 0 Å². The van der Waals surface area contributed by atoms with Crippen molar-refractivity contribution in [3.63, 3.8) is 0 Å². The van der Waals surface area contributed by atoms with E-state index in [9.17, 15) is 9.59 Å². The monoisotopic (exact) mass is 464 g/mol. The fraction of sp³-hybridized carbons (Fsp3) is 0.391. The van der Waals surface area contributed by atoms with Crippen LogP contribution in [-0.4, -0.2) is 42.5 Å². The molecule has 2 amide bonds. The summed E-state index contributed by atoms with van der Waals surface area (Å²) < 4.78 is 11.2. The van der Waals surface area contributed by atoms with Crippen LogP contribution in [0.1, 0.15) is 31.4 Å². The zero-order chi connectivity index (χ0) is 22.4. The minimum Gasteiger partial charge on any atom is -0.486 e. The quantitative estimate of drug-likeness (QED) is 0.633. The second-order valence-corrected chi connectivity index (χ2v) is 8.08. The zero-order valence-electron chi connectivity index (χ0n) is 17.6. The Morgan fingerprint density at radius 3 is 2.45 bits per heavy atom. The minimum absolute atomic E-state index is 0.150. The third kappa shape index (κ3) is 5.83. The average Bonchev–Trinajstić information content (AvgIpc) is 2.77. The van der Waals surface area contributed by atoms with Crippen molar-refractivity contribution in [1.29, 1.82) is 0 Å². The number of aryl methyl sites for hydroxylation is 1. The van der Waals surface area contributed by atoms with Gasteiger partial charge in [0.15, 0.2) is 11.5 Å². The Kier molecular flexibility index (Phi) is 8.04. The standard InChI is InChI=1S/C23H26Cl2N2O4/c1-3-26-23(29)15(2)27(14-17-18(24)5-4-6-19(17)25)22(28)10-8-16-7-9-20-21(13-16)31-12-11-30-20/h4-7,9,13,15H,3,8,10-12,14H2,1-2H3,(H,26,29). The molecular formula is C23H26Cl2N2O4. The molecule has 1 aliphatic heterocycles. The molecule has 1 heterocycles. The van der Waals surface area contributed by atoms with Crippen molar-refractivity contribution in [2.75, 3.05) is 19.8 Å². The lowest BCUT2D eigenvalue weighted by Gasteiger charge is -2.29. The Morgan fingerprint density at radius 1 is 1.10 bits per heavy atom. The number of hydrogen-bond acceptors (Lipinski definition) is 4. The number of likely N-dealkylation sites (N-methyl/N-ethyl adjacent to an activating group) is 1. The van der Waals surface area contributed by atoms with Gasteiger partial charge < -0.3 is 19.7 Å². The van der Waals surface area contributed by atoms with Crippen molar-refractivity contribution >= 4 is 35.0 Å². The molecule has 0 aromatic heterocycles. The van der Waals surface area contributed by atoms with Crippen LogP contribution in [0.5, 0.6) is 11.5 Å². The van der Waals surface area contributed by atoms with E-state index in [1.807, 2.05) is 25.1 Å². The van der Waals surface area contributed by atoms with Gasteiger partial charge in [-0.15, -0.1) is 0 Å². The molecule has 0 saturated heterocycles. The summed E-state index contributed by atoms with van der Waals surface area (Å²) in [6.07, 6.45) is 0.732. The van der Waals surface area contributed by atoms with Crippen LogP contribution in [0.25, 0.3) is 0 Å². The van der Waals surface area contributed by atoms with E-state index in [2.05, 4.69) is 5.32 Å². The maximum absolute atomic E-state index is 13.2. The molecule has 1 aliphatic rings. The molecule has 2 aromatic carbocycles. The number of benzene rings is 2. The van der Waals surface area contributed by atoms with Gasteiger partial charge in [-0.25, -0.2) is 0 Å². The van der Waals surface area contributed by atoms with Crippen molar-refractivity contribution in [2.24, 2.45) is 0 Å². The molecule has 3 rings (SSSR count). The number of carbonyl (C=O) groups is 2. The molecule has 1 unspecified atom stereocenters. The lowest BCUT2D eigenvalue weighted by atomic mass is 10.1.